The molecule has 1 saturated carbocycles. The van der Waals surface area contributed by atoms with E-state index in [2.05, 4.69) is 10.6 Å². The second kappa shape index (κ2) is 6.82. The number of nitrogens with zero attached hydrogens (tertiary/aromatic N) is 1. The van der Waals surface area contributed by atoms with Crippen molar-refractivity contribution in [1.29, 1.82) is 0 Å². The minimum atomic E-state index is -0.824. The third-order valence-electron chi connectivity index (χ3n) is 4.98. The second-order valence-corrected chi connectivity index (χ2v) is 6.82. The van der Waals surface area contributed by atoms with Crippen LogP contribution in [0.4, 0.5) is 9.18 Å². The fourth-order valence-electron chi connectivity index (χ4n) is 3.46. The summed E-state index contributed by atoms with van der Waals surface area (Å²) >= 11 is 0. The Labute approximate surface area is 145 Å². The van der Waals surface area contributed by atoms with Crippen LogP contribution >= 0.6 is 0 Å². The summed E-state index contributed by atoms with van der Waals surface area (Å²) in [5, 5.41) is 5.40. The van der Waals surface area contributed by atoms with E-state index in [1.807, 2.05) is 0 Å². The number of urea groups is 1. The van der Waals surface area contributed by atoms with Gasteiger partial charge in [0.25, 0.3) is 5.91 Å². The molecule has 6 nitrogen and oxygen atoms in total. The summed E-state index contributed by atoms with van der Waals surface area (Å²) in [7, 11) is 0. The zero-order chi connectivity index (χ0) is 18.0. The lowest BCUT2D eigenvalue weighted by atomic mass is 9.82. The minimum absolute atomic E-state index is 0.144. The van der Waals surface area contributed by atoms with Crippen molar-refractivity contribution in [2.24, 2.45) is 0 Å². The van der Waals surface area contributed by atoms with Crippen LogP contribution in [0.25, 0.3) is 0 Å². The minimum Gasteiger partial charge on any atom is -0.350 e. The lowest BCUT2D eigenvalue weighted by Crippen LogP contribution is -2.49. The monoisotopic (exact) mass is 347 g/mol. The average molecular weight is 347 g/mol. The Morgan fingerprint density at radius 2 is 2.00 bits per heavy atom. The van der Waals surface area contributed by atoms with Crippen LogP contribution in [0, 0.1) is 12.7 Å². The van der Waals surface area contributed by atoms with Crippen molar-refractivity contribution < 1.29 is 18.8 Å². The second-order valence-electron chi connectivity index (χ2n) is 6.82. The van der Waals surface area contributed by atoms with E-state index < -0.39 is 17.5 Å². The molecule has 1 saturated heterocycles. The predicted octanol–water partition coefficient (Wildman–Crippen LogP) is 2.01. The lowest BCUT2D eigenvalue weighted by Gasteiger charge is -2.30. The van der Waals surface area contributed by atoms with Gasteiger partial charge in [-0.3, -0.25) is 14.5 Å². The van der Waals surface area contributed by atoms with Crippen LogP contribution in [0.3, 0.4) is 0 Å². The first-order chi connectivity index (χ1) is 11.9. The standard InChI is InChI=1S/C18H22FN3O3/c1-12-5-6-13(9-14(12)19)10-20-15(23)11-22-16(24)18(21-17(22)25)7-3-2-4-8-18/h5-6,9H,2-4,7-8,10-11H2,1H3,(H,20,23)(H,21,25). The molecule has 7 heteroatoms. The van der Waals surface area contributed by atoms with E-state index in [1.54, 1.807) is 19.1 Å². The molecule has 134 valence electrons. The van der Waals surface area contributed by atoms with Crippen LogP contribution < -0.4 is 10.6 Å². The number of benzene rings is 1. The number of imide groups is 1. The topological polar surface area (TPSA) is 78.5 Å². The molecule has 2 fully saturated rings. The van der Waals surface area contributed by atoms with Gasteiger partial charge in [0, 0.05) is 6.54 Å². The van der Waals surface area contributed by atoms with Crippen LogP contribution in [0.2, 0.25) is 0 Å². The van der Waals surface area contributed by atoms with E-state index in [0.29, 0.717) is 24.0 Å². The Balaban J connectivity index is 1.58. The molecule has 0 unspecified atom stereocenters. The maximum Gasteiger partial charge on any atom is 0.325 e. The molecule has 4 amide bonds. The van der Waals surface area contributed by atoms with Crippen LogP contribution in [0.5, 0.6) is 0 Å². The zero-order valence-electron chi connectivity index (χ0n) is 14.2. The highest BCUT2D eigenvalue weighted by Crippen LogP contribution is 2.33. The first-order valence-electron chi connectivity index (χ1n) is 8.57. The van der Waals surface area contributed by atoms with Gasteiger partial charge in [0.15, 0.2) is 0 Å². The fourth-order valence-corrected chi connectivity index (χ4v) is 3.46. The maximum atomic E-state index is 13.5. The van der Waals surface area contributed by atoms with Gasteiger partial charge in [-0.1, -0.05) is 31.4 Å². The van der Waals surface area contributed by atoms with E-state index in [9.17, 15) is 18.8 Å². The number of carbonyl (C=O) groups excluding carboxylic acids is 3. The zero-order valence-corrected chi connectivity index (χ0v) is 14.2. The van der Waals surface area contributed by atoms with Crippen molar-refractivity contribution in [2.45, 2.75) is 51.1 Å². The molecule has 1 aliphatic carbocycles. The van der Waals surface area contributed by atoms with Crippen molar-refractivity contribution in [1.82, 2.24) is 15.5 Å². The van der Waals surface area contributed by atoms with Crippen molar-refractivity contribution in [3.8, 4) is 0 Å². The van der Waals surface area contributed by atoms with Crippen molar-refractivity contribution in [3.05, 3.63) is 35.1 Å². The van der Waals surface area contributed by atoms with Gasteiger partial charge in [-0.15, -0.1) is 0 Å². The van der Waals surface area contributed by atoms with Crippen molar-refractivity contribution in [2.75, 3.05) is 6.54 Å². The molecule has 3 rings (SSSR count). The molecule has 1 aromatic carbocycles. The number of hydrogen-bond donors (Lipinski definition) is 2. The molecule has 1 spiro atoms. The highest BCUT2D eigenvalue weighted by Gasteiger charge is 2.51. The summed E-state index contributed by atoms with van der Waals surface area (Å²) in [5.41, 5.74) is 0.333. The molecule has 1 aliphatic heterocycles. The van der Waals surface area contributed by atoms with E-state index in [4.69, 9.17) is 0 Å². The Bertz CT molecular complexity index is 714. The fraction of sp³-hybridized carbons (Fsp3) is 0.500. The number of halogens is 1. The van der Waals surface area contributed by atoms with Crippen molar-refractivity contribution >= 4 is 17.8 Å². The summed E-state index contributed by atoms with van der Waals surface area (Å²) in [4.78, 5) is 37.8. The number of hydrogen-bond acceptors (Lipinski definition) is 3. The van der Waals surface area contributed by atoms with Gasteiger partial charge in [-0.05, 0) is 37.0 Å². The van der Waals surface area contributed by atoms with E-state index in [1.165, 1.54) is 6.07 Å². The van der Waals surface area contributed by atoms with Crippen LogP contribution in [-0.2, 0) is 16.1 Å². The Hall–Kier alpha value is -2.44. The molecule has 1 aromatic rings. The average Bonchev–Trinajstić information content (AvgIpc) is 2.81. The van der Waals surface area contributed by atoms with Crippen LogP contribution in [0.1, 0.15) is 43.2 Å². The molecule has 2 N–H and O–H groups in total. The molecule has 0 atom stereocenters. The number of carbonyl (C=O) groups is 3. The van der Waals surface area contributed by atoms with E-state index in [-0.39, 0.29) is 24.8 Å². The normalized spacial score (nSPS) is 19.2. The van der Waals surface area contributed by atoms with Gasteiger partial charge >= 0.3 is 6.03 Å². The molecule has 0 aromatic heterocycles. The smallest absolute Gasteiger partial charge is 0.325 e. The van der Waals surface area contributed by atoms with Gasteiger partial charge in [0.2, 0.25) is 5.91 Å². The van der Waals surface area contributed by atoms with Gasteiger partial charge in [-0.2, -0.15) is 0 Å². The molecular weight excluding hydrogens is 325 g/mol. The number of nitrogens with one attached hydrogen (secondary N) is 2. The van der Waals surface area contributed by atoms with Gasteiger partial charge in [0.1, 0.15) is 17.9 Å². The summed E-state index contributed by atoms with van der Waals surface area (Å²) in [6, 6.07) is 4.22. The van der Waals surface area contributed by atoms with E-state index >= 15 is 0 Å². The molecule has 25 heavy (non-hydrogen) atoms. The van der Waals surface area contributed by atoms with Crippen molar-refractivity contribution in [3.63, 3.8) is 0 Å². The highest BCUT2D eigenvalue weighted by molar-refractivity contribution is 6.09. The predicted molar refractivity (Wildman–Crippen MR) is 89.0 cm³/mol. The third-order valence-corrected chi connectivity index (χ3v) is 4.98. The van der Waals surface area contributed by atoms with Gasteiger partial charge in [0.05, 0.1) is 0 Å². The van der Waals surface area contributed by atoms with E-state index in [0.717, 1.165) is 24.2 Å². The first-order valence-corrected chi connectivity index (χ1v) is 8.57. The van der Waals surface area contributed by atoms with Crippen LogP contribution in [0.15, 0.2) is 18.2 Å². The summed E-state index contributed by atoms with van der Waals surface area (Å²) in [6.45, 7) is 1.49. The quantitative estimate of drug-likeness (QED) is 0.818. The summed E-state index contributed by atoms with van der Waals surface area (Å²) < 4.78 is 13.5. The highest BCUT2D eigenvalue weighted by atomic mass is 19.1. The van der Waals surface area contributed by atoms with Gasteiger partial charge in [-0.25, -0.2) is 9.18 Å². The number of amides is 4. The Morgan fingerprint density at radius 1 is 1.28 bits per heavy atom. The molecule has 1 heterocycles. The Kier molecular flexibility index (Phi) is 4.74. The number of aryl methyl sites for hydroxylation is 1. The molecule has 2 aliphatic rings. The van der Waals surface area contributed by atoms with Crippen LogP contribution in [-0.4, -0.2) is 34.8 Å². The largest absolute Gasteiger partial charge is 0.350 e. The lowest BCUT2D eigenvalue weighted by molar-refractivity contribution is -0.135. The molecule has 0 bridgehead atoms. The molecule has 0 radical (unpaired) electrons. The molecular formula is C18H22FN3O3. The third kappa shape index (κ3) is 3.50. The summed E-state index contributed by atoms with van der Waals surface area (Å²) in [6.07, 6.45) is 4.09. The number of rotatable bonds is 4. The maximum absolute atomic E-state index is 13.5. The first kappa shape index (κ1) is 17.4. The Morgan fingerprint density at radius 3 is 2.68 bits per heavy atom. The summed E-state index contributed by atoms with van der Waals surface area (Å²) in [5.74, 6) is -1.09. The van der Waals surface area contributed by atoms with Gasteiger partial charge < -0.3 is 10.6 Å². The SMILES string of the molecule is Cc1ccc(CNC(=O)CN2C(=O)NC3(CCCCC3)C2=O)cc1F.